The zero-order valence-corrected chi connectivity index (χ0v) is 13.3. The lowest BCUT2D eigenvalue weighted by Crippen LogP contribution is -2.16. The van der Waals surface area contributed by atoms with Crippen molar-refractivity contribution >= 4 is 27.3 Å². The highest BCUT2D eigenvalue weighted by atomic mass is 79.9. The maximum atomic E-state index is 12.6. The molecule has 2 aromatic rings. The minimum Gasteiger partial charge on any atom is -0.309 e. The van der Waals surface area contributed by atoms with Crippen LogP contribution in [0.4, 0.5) is 13.2 Å². The van der Waals surface area contributed by atoms with Crippen LogP contribution in [-0.2, 0) is 6.18 Å². The fourth-order valence-electron chi connectivity index (χ4n) is 1.96. The van der Waals surface area contributed by atoms with Crippen molar-refractivity contribution in [1.82, 2.24) is 5.32 Å². The van der Waals surface area contributed by atoms with Crippen LogP contribution in [0, 0.1) is 6.92 Å². The van der Waals surface area contributed by atoms with E-state index in [0.29, 0.717) is 0 Å². The molecule has 1 nitrogen and oxygen atoms in total. The largest absolute Gasteiger partial charge is 0.416 e. The van der Waals surface area contributed by atoms with Gasteiger partial charge in [0.05, 0.1) is 15.4 Å². The highest BCUT2D eigenvalue weighted by molar-refractivity contribution is 9.11. The Morgan fingerprint density at radius 1 is 1.20 bits per heavy atom. The number of rotatable bonds is 3. The summed E-state index contributed by atoms with van der Waals surface area (Å²) in [5, 5.41) is 3.14. The summed E-state index contributed by atoms with van der Waals surface area (Å²) in [6, 6.07) is 7.21. The van der Waals surface area contributed by atoms with E-state index in [2.05, 4.69) is 21.2 Å². The lowest BCUT2D eigenvalue weighted by atomic mass is 10.0. The van der Waals surface area contributed by atoms with Crippen LogP contribution in [0.2, 0.25) is 0 Å². The smallest absolute Gasteiger partial charge is 0.309 e. The zero-order valence-electron chi connectivity index (χ0n) is 10.9. The van der Waals surface area contributed by atoms with E-state index in [1.54, 1.807) is 18.4 Å². The fraction of sp³-hybridized carbons (Fsp3) is 0.286. The quantitative estimate of drug-likeness (QED) is 0.795. The molecular weight excluding hydrogens is 351 g/mol. The average molecular weight is 364 g/mol. The van der Waals surface area contributed by atoms with Gasteiger partial charge in [0, 0.05) is 4.88 Å². The monoisotopic (exact) mass is 363 g/mol. The predicted molar refractivity (Wildman–Crippen MR) is 79.1 cm³/mol. The van der Waals surface area contributed by atoms with Crippen molar-refractivity contribution in [2.24, 2.45) is 0 Å². The van der Waals surface area contributed by atoms with Crippen molar-refractivity contribution in [2.75, 3.05) is 7.05 Å². The summed E-state index contributed by atoms with van der Waals surface area (Å²) in [7, 11) is 1.80. The number of hydrogen-bond donors (Lipinski definition) is 1. The number of nitrogens with one attached hydrogen (secondary N) is 1. The van der Waals surface area contributed by atoms with Crippen molar-refractivity contribution in [3.63, 3.8) is 0 Å². The minimum absolute atomic E-state index is 0.104. The molecule has 1 aromatic carbocycles. The Morgan fingerprint density at radius 2 is 1.80 bits per heavy atom. The van der Waals surface area contributed by atoms with E-state index < -0.39 is 11.7 Å². The highest BCUT2D eigenvalue weighted by Gasteiger charge is 2.30. The molecule has 0 spiro atoms. The molecule has 0 aliphatic carbocycles. The van der Waals surface area contributed by atoms with Gasteiger partial charge in [0.2, 0.25) is 0 Å². The van der Waals surface area contributed by atoms with Crippen LogP contribution in [0.25, 0.3) is 0 Å². The second kappa shape index (κ2) is 5.87. The molecule has 20 heavy (non-hydrogen) atoms. The molecule has 6 heteroatoms. The summed E-state index contributed by atoms with van der Waals surface area (Å²) in [4.78, 5) is 1.07. The summed E-state index contributed by atoms with van der Waals surface area (Å²) in [6.45, 7) is 1.99. The number of thiophene rings is 1. The van der Waals surface area contributed by atoms with E-state index in [4.69, 9.17) is 0 Å². The van der Waals surface area contributed by atoms with Crippen molar-refractivity contribution in [3.05, 3.63) is 55.7 Å². The van der Waals surface area contributed by atoms with Crippen LogP contribution in [0.3, 0.4) is 0 Å². The first-order chi connectivity index (χ1) is 9.32. The molecule has 0 fully saturated rings. The average Bonchev–Trinajstić information content (AvgIpc) is 2.70. The normalized spacial score (nSPS) is 13.5. The van der Waals surface area contributed by atoms with E-state index in [-0.39, 0.29) is 6.04 Å². The summed E-state index contributed by atoms with van der Waals surface area (Å²) in [5.41, 5.74) is 1.31. The third-order valence-corrected chi connectivity index (χ3v) is 5.22. The first kappa shape index (κ1) is 15.5. The van der Waals surface area contributed by atoms with Crippen molar-refractivity contribution in [1.29, 1.82) is 0 Å². The summed E-state index contributed by atoms with van der Waals surface area (Å²) < 4.78 is 38.7. The van der Waals surface area contributed by atoms with Gasteiger partial charge in [-0.15, -0.1) is 11.3 Å². The standard InChI is InChI=1S/C14H13BrF3NS/c1-8-7-11(20-13(8)15)12(19-2)9-3-5-10(6-4-9)14(16,17)18/h3-7,12,19H,1-2H3. The Labute approximate surface area is 128 Å². The van der Waals surface area contributed by atoms with Gasteiger partial charge in [0.25, 0.3) is 0 Å². The molecule has 1 atom stereocenters. The van der Waals surface area contributed by atoms with E-state index >= 15 is 0 Å². The molecule has 0 radical (unpaired) electrons. The Kier molecular flexibility index (Phi) is 4.56. The van der Waals surface area contributed by atoms with Crippen LogP contribution >= 0.6 is 27.3 Å². The van der Waals surface area contributed by atoms with Crippen LogP contribution in [0.15, 0.2) is 34.1 Å². The third-order valence-electron chi connectivity index (χ3n) is 3.02. The second-order valence-electron chi connectivity index (χ2n) is 4.45. The molecule has 0 saturated heterocycles. The van der Waals surface area contributed by atoms with Crippen LogP contribution in [0.5, 0.6) is 0 Å². The lowest BCUT2D eigenvalue weighted by molar-refractivity contribution is -0.137. The molecule has 0 saturated carbocycles. The van der Waals surface area contributed by atoms with Crippen LogP contribution in [0.1, 0.15) is 27.6 Å². The van der Waals surface area contributed by atoms with Crippen molar-refractivity contribution in [3.8, 4) is 0 Å². The van der Waals surface area contributed by atoms with E-state index in [1.807, 2.05) is 13.0 Å². The Balaban J connectivity index is 2.33. The van der Waals surface area contributed by atoms with Gasteiger partial charge in [-0.1, -0.05) is 12.1 Å². The van der Waals surface area contributed by atoms with Gasteiger partial charge in [-0.2, -0.15) is 13.2 Å². The molecule has 1 aromatic heterocycles. The zero-order chi connectivity index (χ0) is 14.9. The van der Waals surface area contributed by atoms with E-state index in [0.717, 1.165) is 31.9 Å². The molecule has 1 heterocycles. The number of aryl methyl sites for hydroxylation is 1. The Bertz CT molecular complexity index is 570. The molecule has 0 aliphatic heterocycles. The van der Waals surface area contributed by atoms with Gasteiger partial charge in [-0.25, -0.2) is 0 Å². The lowest BCUT2D eigenvalue weighted by Gasteiger charge is -2.16. The van der Waals surface area contributed by atoms with Crippen molar-refractivity contribution in [2.45, 2.75) is 19.1 Å². The predicted octanol–water partition coefficient (Wildman–Crippen LogP) is 5.15. The fourth-order valence-corrected chi connectivity index (χ4v) is 3.67. The molecule has 1 N–H and O–H groups in total. The summed E-state index contributed by atoms with van der Waals surface area (Å²) >= 11 is 5.05. The molecular formula is C14H13BrF3NS. The van der Waals surface area contributed by atoms with Crippen molar-refractivity contribution < 1.29 is 13.2 Å². The topological polar surface area (TPSA) is 12.0 Å². The summed E-state index contributed by atoms with van der Waals surface area (Å²) in [6.07, 6.45) is -4.30. The van der Waals surface area contributed by atoms with Gasteiger partial charge in [-0.05, 0) is 59.2 Å². The molecule has 0 bridgehead atoms. The Morgan fingerprint density at radius 3 is 2.20 bits per heavy atom. The third kappa shape index (κ3) is 3.24. The number of alkyl halides is 3. The molecule has 0 aliphatic rings. The van der Waals surface area contributed by atoms with E-state index in [1.165, 1.54) is 12.1 Å². The second-order valence-corrected chi connectivity index (χ2v) is 6.85. The maximum Gasteiger partial charge on any atom is 0.416 e. The number of hydrogen-bond acceptors (Lipinski definition) is 2. The van der Waals surface area contributed by atoms with Crippen LogP contribution < -0.4 is 5.32 Å². The van der Waals surface area contributed by atoms with Gasteiger partial charge < -0.3 is 5.32 Å². The molecule has 1 unspecified atom stereocenters. The van der Waals surface area contributed by atoms with Gasteiger partial charge in [0.15, 0.2) is 0 Å². The first-order valence-corrected chi connectivity index (χ1v) is 7.54. The Hall–Kier alpha value is -0.850. The van der Waals surface area contributed by atoms with Gasteiger partial charge >= 0.3 is 6.18 Å². The number of halogens is 4. The van der Waals surface area contributed by atoms with E-state index in [9.17, 15) is 13.2 Å². The molecule has 0 amide bonds. The summed E-state index contributed by atoms with van der Waals surface area (Å²) in [5.74, 6) is 0. The molecule has 108 valence electrons. The van der Waals surface area contributed by atoms with Gasteiger partial charge in [0.1, 0.15) is 0 Å². The highest BCUT2D eigenvalue weighted by Crippen LogP contribution is 2.35. The maximum absolute atomic E-state index is 12.6. The number of benzene rings is 1. The minimum atomic E-state index is -4.30. The van der Waals surface area contributed by atoms with Crippen LogP contribution in [-0.4, -0.2) is 7.05 Å². The van der Waals surface area contributed by atoms with Gasteiger partial charge in [-0.3, -0.25) is 0 Å². The first-order valence-electron chi connectivity index (χ1n) is 5.93. The molecule has 2 rings (SSSR count). The SMILES string of the molecule is CNC(c1ccc(C(F)(F)F)cc1)c1cc(C)c(Br)s1.